The van der Waals surface area contributed by atoms with Crippen molar-refractivity contribution in [2.75, 3.05) is 0 Å². The summed E-state index contributed by atoms with van der Waals surface area (Å²) >= 11 is 0. The molecule has 0 saturated carbocycles. The Bertz CT molecular complexity index is 3560. The Labute approximate surface area is 310 Å². The van der Waals surface area contributed by atoms with Crippen molar-refractivity contribution in [2.24, 2.45) is 0 Å². The van der Waals surface area contributed by atoms with Crippen molar-refractivity contribution in [3.8, 4) is 50.2 Å². The highest BCUT2D eigenvalue weighted by Gasteiger charge is 2.18. The molecule has 0 aliphatic heterocycles. The fourth-order valence-corrected chi connectivity index (χ4v) is 6.39. The molecule has 0 radical (unpaired) electrons. The Morgan fingerprint density at radius 2 is 1.08 bits per heavy atom. The number of fused-ring (bicyclic) bond motifs is 3. The normalized spacial score (nSPS) is 16.3. The van der Waals surface area contributed by atoms with Gasteiger partial charge in [-0.05, 0) is 102 Å². The number of benzene rings is 8. The smallest absolute Gasteiger partial charge is 0.114 e. The maximum Gasteiger partial charge on any atom is 0.114 e. The average Bonchev–Trinajstić information content (AvgIpc) is 3.71. The van der Waals surface area contributed by atoms with E-state index in [2.05, 4.69) is 4.57 Å². The van der Waals surface area contributed by atoms with E-state index in [-0.39, 0.29) is 11.1 Å². The van der Waals surface area contributed by atoms with Gasteiger partial charge < -0.3 is 0 Å². The molecular formula is C47H34N2. The first kappa shape index (κ1) is 16.2. The van der Waals surface area contributed by atoms with E-state index in [0.717, 1.165) is 28.1 Å². The number of hydrogen-bond donors (Lipinski definition) is 0. The van der Waals surface area contributed by atoms with Crippen molar-refractivity contribution in [1.82, 2.24) is 9.55 Å². The minimum absolute atomic E-state index is 0.166. The van der Waals surface area contributed by atoms with Gasteiger partial charge in [-0.3, -0.25) is 4.57 Å². The van der Waals surface area contributed by atoms with Crippen LogP contribution < -0.4 is 0 Å². The lowest BCUT2D eigenvalue weighted by molar-refractivity contribution is 0.908. The number of aromatic nitrogens is 2. The zero-order chi connectivity index (χ0) is 47.5. The molecule has 0 aliphatic carbocycles. The first-order valence-electron chi connectivity index (χ1n) is 24.1. The highest BCUT2D eigenvalue weighted by Crippen LogP contribution is 2.45. The summed E-state index contributed by atoms with van der Waals surface area (Å²) in [6.07, 6.45) is 0.654. The molecule has 1 heterocycles. The van der Waals surface area contributed by atoms with Crippen LogP contribution >= 0.6 is 0 Å². The SMILES string of the molecule is [2H]c1c([2H])c([2H])c(-c2c3c([2H])c([2H])c([2H])c([2H])c3c(-c3c([2H])c([2H])c([2H])c([2H])c3[2H])c3c([2H])c(-c4cccc(-c5cccc(-n6c(CC)nc7ccccc76)c5)c4)c([2H])c([2H])c23)c([2H])c1[2H]. The number of aryl methyl sites for hydroxylation is 1. The number of nitrogens with zero attached hydrogens (tertiary/aromatic N) is 2. The highest BCUT2D eigenvalue weighted by atomic mass is 15.1. The molecule has 0 unspecified atom stereocenters. The van der Waals surface area contributed by atoms with Crippen molar-refractivity contribution in [3.63, 3.8) is 0 Å². The second-order valence-electron chi connectivity index (χ2n) is 11.3. The van der Waals surface area contributed by atoms with Gasteiger partial charge in [-0.25, -0.2) is 4.98 Å². The van der Waals surface area contributed by atoms with Crippen LogP contribution in [0, 0.1) is 0 Å². The standard InChI is InChI=1S/C47H34N2/c1-2-45-48-43-25-11-12-26-44(43)49(45)38-22-14-21-36(30-38)34-19-13-20-35(29-34)37-27-28-41-42(31-37)47(33-17-7-4-8-18-33)40-24-10-9-23-39(40)46(41)32-15-5-3-6-16-32/h3-31H,2H2,1H3/i3D,4D,5D,6D,7D,8D,9D,10D,15D,16D,17D,18D,23D,24D,27D,28D,31D. The van der Waals surface area contributed by atoms with Gasteiger partial charge in [0.15, 0.2) is 0 Å². The van der Waals surface area contributed by atoms with E-state index in [0.29, 0.717) is 12.0 Å². The largest absolute Gasteiger partial charge is 0.296 e. The van der Waals surface area contributed by atoms with Gasteiger partial charge in [0.05, 0.1) is 34.3 Å². The second kappa shape index (κ2) is 12.1. The van der Waals surface area contributed by atoms with Gasteiger partial charge in [-0.2, -0.15) is 0 Å². The van der Waals surface area contributed by atoms with Crippen LogP contribution in [-0.2, 0) is 6.42 Å². The summed E-state index contributed by atoms with van der Waals surface area (Å²) in [5.74, 6) is 0.842. The third kappa shape index (κ3) is 5.01. The lowest BCUT2D eigenvalue weighted by atomic mass is 9.85. The zero-order valence-corrected chi connectivity index (χ0v) is 26.0. The van der Waals surface area contributed by atoms with Crippen LogP contribution in [-0.4, -0.2) is 9.55 Å². The summed E-state index contributed by atoms with van der Waals surface area (Å²) < 4.78 is 155. The minimum Gasteiger partial charge on any atom is -0.296 e. The second-order valence-corrected chi connectivity index (χ2v) is 11.3. The Hall–Kier alpha value is -6.25. The predicted molar refractivity (Wildman–Crippen MR) is 207 cm³/mol. The molecule has 8 aromatic carbocycles. The third-order valence-electron chi connectivity index (χ3n) is 8.54. The number of hydrogen-bond acceptors (Lipinski definition) is 1. The molecule has 9 aromatic rings. The molecule has 0 N–H and O–H groups in total. The molecule has 0 amide bonds. The van der Waals surface area contributed by atoms with Gasteiger partial charge in [0.2, 0.25) is 0 Å². The van der Waals surface area contributed by atoms with Crippen molar-refractivity contribution in [2.45, 2.75) is 13.3 Å². The highest BCUT2D eigenvalue weighted by molar-refractivity contribution is 6.22. The molecule has 9 rings (SSSR count). The fourth-order valence-electron chi connectivity index (χ4n) is 6.39. The fraction of sp³-hybridized carbons (Fsp3) is 0.0426. The molecule has 0 saturated heterocycles. The zero-order valence-electron chi connectivity index (χ0n) is 43.0. The molecule has 2 heteroatoms. The van der Waals surface area contributed by atoms with E-state index < -0.39 is 147 Å². The van der Waals surface area contributed by atoms with Crippen LogP contribution in [0.25, 0.3) is 82.8 Å². The van der Waals surface area contributed by atoms with Crippen molar-refractivity contribution in [3.05, 3.63) is 181 Å². The average molecular weight is 644 g/mol. The summed E-state index contributed by atoms with van der Waals surface area (Å²) in [6, 6.07) is 9.28. The molecule has 0 spiro atoms. The topological polar surface area (TPSA) is 17.8 Å². The first-order valence-corrected chi connectivity index (χ1v) is 15.6. The van der Waals surface area contributed by atoms with E-state index in [4.69, 9.17) is 21.4 Å². The Morgan fingerprint density at radius 1 is 0.510 bits per heavy atom. The molecule has 49 heavy (non-hydrogen) atoms. The predicted octanol–water partition coefficient (Wildman–Crippen LogP) is 12.6. The molecule has 0 bridgehead atoms. The lowest BCUT2D eigenvalue weighted by Crippen LogP contribution is -2.00. The first-order chi connectivity index (χ1) is 31.3. The molecule has 0 aliphatic rings. The Morgan fingerprint density at radius 3 is 1.78 bits per heavy atom. The van der Waals surface area contributed by atoms with Crippen molar-refractivity contribution >= 4 is 32.6 Å². The maximum absolute atomic E-state index is 10.0. The lowest BCUT2D eigenvalue weighted by Gasteiger charge is -2.19. The van der Waals surface area contributed by atoms with Gasteiger partial charge in [0, 0.05) is 12.1 Å². The summed E-state index contributed by atoms with van der Waals surface area (Å²) in [5.41, 5.74) is 1.92. The molecule has 2 nitrogen and oxygen atoms in total. The summed E-state index contributed by atoms with van der Waals surface area (Å²) in [4.78, 5) is 4.82. The van der Waals surface area contributed by atoms with Crippen LogP contribution in [0.4, 0.5) is 0 Å². The van der Waals surface area contributed by atoms with Crippen LogP contribution in [0.15, 0.2) is 176 Å². The number of rotatable bonds is 6. The van der Waals surface area contributed by atoms with E-state index in [1.54, 1.807) is 18.2 Å². The summed E-state index contributed by atoms with van der Waals surface area (Å²) in [5, 5.41) is -1.87. The molecule has 0 atom stereocenters. The number of imidazole rings is 1. The summed E-state index contributed by atoms with van der Waals surface area (Å²) in [6.45, 7) is 2.01. The minimum atomic E-state index is -0.819. The van der Waals surface area contributed by atoms with Gasteiger partial charge in [-0.15, -0.1) is 0 Å². The van der Waals surface area contributed by atoms with Gasteiger partial charge in [0.25, 0.3) is 0 Å². The van der Waals surface area contributed by atoms with Gasteiger partial charge >= 0.3 is 0 Å². The number of para-hydroxylation sites is 2. The van der Waals surface area contributed by atoms with Crippen molar-refractivity contribution < 1.29 is 23.3 Å². The molecular weight excluding hydrogens is 593 g/mol. The third-order valence-corrected chi connectivity index (χ3v) is 8.54. The molecule has 232 valence electrons. The monoisotopic (exact) mass is 643 g/mol. The van der Waals surface area contributed by atoms with Crippen LogP contribution in [0.2, 0.25) is 0 Å². The quantitative estimate of drug-likeness (QED) is 0.165. The van der Waals surface area contributed by atoms with E-state index in [9.17, 15) is 6.85 Å². The van der Waals surface area contributed by atoms with Crippen LogP contribution in [0.3, 0.4) is 0 Å². The van der Waals surface area contributed by atoms with Gasteiger partial charge in [-0.1, -0.05) is 146 Å². The maximum atomic E-state index is 10.0. The summed E-state index contributed by atoms with van der Waals surface area (Å²) in [7, 11) is 0. The van der Waals surface area contributed by atoms with Crippen LogP contribution in [0.1, 0.15) is 36.1 Å². The Balaban J connectivity index is 1.45. The van der Waals surface area contributed by atoms with E-state index >= 15 is 0 Å². The Kier molecular flexibility index (Phi) is 4.00. The molecule has 0 fully saturated rings. The van der Waals surface area contributed by atoms with Crippen molar-refractivity contribution in [1.29, 1.82) is 0 Å². The van der Waals surface area contributed by atoms with E-state index in [1.165, 1.54) is 0 Å². The van der Waals surface area contributed by atoms with E-state index in [1.807, 2.05) is 61.5 Å². The molecule has 1 aromatic heterocycles. The van der Waals surface area contributed by atoms with Crippen LogP contribution in [0.5, 0.6) is 0 Å². The van der Waals surface area contributed by atoms with Gasteiger partial charge in [0.1, 0.15) is 5.82 Å².